The van der Waals surface area contributed by atoms with Crippen molar-refractivity contribution in [3.8, 4) is 50.3 Å². The highest BCUT2D eigenvalue weighted by Crippen LogP contribution is 2.55. The fourth-order valence-corrected chi connectivity index (χ4v) is 10.2. The monoisotopic (exact) mass is 793 g/mol. The topological polar surface area (TPSA) is 11.4 Å². The van der Waals surface area contributed by atoms with Crippen molar-refractivity contribution in [1.82, 2.24) is 4.57 Å². The van der Waals surface area contributed by atoms with E-state index < -0.39 is 0 Å². The first-order valence-electron chi connectivity index (χ1n) is 21.5. The molecule has 2 aliphatic rings. The fourth-order valence-electron chi connectivity index (χ4n) is 10.2. The molecule has 9 aromatic carbocycles. The van der Waals surface area contributed by atoms with E-state index in [1.54, 1.807) is 0 Å². The molecule has 294 valence electrons. The summed E-state index contributed by atoms with van der Waals surface area (Å²) in [4.78, 5) is 4.86. The van der Waals surface area contributed by atoms with Crippen LogP contribution in [0.3, 0.4) is 0 Å². The van der Waals surface area contributed by atoms with E-state index in [-0.39, 0.29) is 5.41 Å². The molecule has 3 heteroatoms. The Hall–Kier alpha value is -7.88. The summed E-state index contributed by atoms with van der Waals surface area (Å²) in [6.07, 6.45) is 0. The Kier molecular flexibility index (Phi) is 8.20. The molecule has 0 atom stereocenters. The maximum atomic E-state index is 2.45. The first kappa shape index (κ1) is 36.0. The fraction of sp³-hybridized carbons (Fsp3) is 0.0508. The molecule has 0 N–H and O–H groups in total. The molecular formula is C59H43N3. The van der Waals surface area contributed by atoms with Crippen molar-refractivity contribution in [3.05, 3.63) is 236 Å². The molecule has 2 heterocycles. The van der Waals surface area contributed by atoms with Crippen LogP contribution in [-0.4, -0.2) is 4.57 Å². The number of rotatable bonds is 6. The standard InChI is InChI=1S/C59H43N3/c1-59(2)52-25-13-9-21-47(52)48-38-37-46(39-53(48)59)60(43-31-29-41(30-32-43)40-17-5-3-6-18-40)44-33-35-45(36-34-44)61-54-26-14-10-22-49(54)57-50-23-11-15-27-55(50)62(42-19-7-4-8-20-42)58(57)51-24-12-16-28-56(51)61/h3-39H,1-2H3. The SMILES string of the molecule is CC1(C)c2ccccc2-c2ccc(N(c3ccc(-c4ccccc4)cc3)c3ccc(N4c5ccccc5-c5c(n(-c6ccccc6)c6ccccc56)-c5ccccc54)cc3)cc21. The highest BCUT2D eigenvalue weighted by molar-refractivity contribution is 6.13. The minimum absolute atomic E-state index is 0.118. The Bertz CT molecular complexity index is 3310. The molecule has 12 rings (SSSR count). The van der Waals surface area contributed by atoms with Crippen LogP contribution in [0.2, 0.25) is 0 Å². The Morgan fingerprint density at radius 3 is 1.66 bits per heavy atom. The minimum atomic E-state index is -0.118. The third-order valence-corrected chi connectivity index (χ3v) is 13.1. The lowest BCUT2D eigenvalue weighted by Crippen LogP contribution is -2.16. The van der Waals surface area contributed by atoms with Crippen LogP contribution in [0.1, 0.15) is 25.0 Å². The molecule has 0 unspecified atom stereocenters. The van der Waals surface area contributed by atoms with E-state index in [4.69, 9.17) is 0 Å². The van der Waals surface area contributed by atoms with Gasteiger partial charge >= 0.3 is 0 Å². The summed E-state index contributed by atoms with van der Waals surface area (Å²) in [6.45, 7) is 4.71. The van der Waals surface area contributed by atoms with Gasteiger partial charge < -0.3 is 14.4 Å². The largest absolute Gasteiger partial charge is 0.310 e. The Labute approximate surface area is 363 Å². The van der Waals surface area contributed by atoms with Gasteiger partial charge in [0.25, 0.3) is 0 Å². The number of anilines is 6. The maximum Gasteiger partial charge on any atom is 0.0641 e. The van der Waals surface area contributed by atoms with Crippen molar-refractivity contribution in [1.29, 1.82) is 0 Å². The van der Waals surface area contributed by atoms with E-state index in [0.29, 0.717) is 0 Å². The molecule has 62 heavy (non-hydrogen) atoms. The van der Waals surface area contributed by atoms with Crippen molar-refractivity contribution in [3.63, 3.8) is 0 Å². The molecule has 1 aromatic heterocycles. The third-order valence-electron chi connectivity index (χ3n) is 13.1. The van der Waals surface area contributed by atoms with Gasteiger partial charge in [-0.15, -0.1) is 0 Å². The summed E-state index contributed by atoms with van der Waals surface area (Å²) in [5.74, 6) is 0. The Morgan fingerprint density at radius 2 is 0.919 bits per heavy atom. The zero-order valence-corrected chi connectivity index (χ0v) is 34.7. The van der Waals surface area contributed by atoms with Gasteiger partial charge in [-0.25, -0.2) is 0 Å². The summed E-state index contributed by atoms with van der Waals surface area (Å²) < 4.78 is 2.45. The van der Waals surface area contributed by atoms with Crippen molar-refractivity contribution in [2.45, 2.75) is 19.3 Å². The van der Waals surface area contributed by atoms with Gasteiger partial charge in [0.05, 0.1) is 22.6 Å². The van der Waals surface area contributed by atoms with Crippen LogP contribution in [0.4, 0.5) is 34.1 Å². The van der Waals surface area contributed by atoms with Gasteiger partial charge in [0.2, 0.25) is 0 Å². The second kappa shape index (κ2) is 14.1. The maximum absolute atomic E-state index is 2.45. The number of fused-ring (bicyclic) bond motifs is 10. The number of nitrogens with zero attached hydrogens (tertiary/aromatic N) is 3. The zero-order chi connectivity index (χ0) is 41.4. The van der Waals surface area contributed by atoms with Crippen LogP contribution in [0.5, 0.6) is 0 Å². The average molecular weight is 794 g/mol. The van der Waals surface area contributed by atoms with Gasteiger partial charge in [0.15, 0.2) is 0 Å². The molecular weight excluding hydrogens is 751 g/mol. The third kappa shape index (κ3) is 5.52. The average Bonchev–Trinajstić information content (AvgIpc) is 3.74. The van der Waals surface area contributed by atoms with Crippen molar-refractivity contribution >= 4 is 45.0 Å². The van der Waals surface area contributed by atoms with E-state index >= 15 is 0 Å². The highest BCUT2D eigenvalue weighted by atomic mass is 15.2. The van der Waals surface area contributed by atoms with Gasteiger partial charge in [-0.3, -0.25) is 0 Å². The summed E-state index contributed by atoms with van der Waals surface area (Å²) in [6, 6.07) is 82.1. The number of para-hydroxylation sites is 4. The molecule has 0 saturated carbocycles. The van der Waals surface area contributed by atoms with Crippen LogP contribution in [0.15, 0.2) is 224 Å². The summed E-state index contributed by atoms with van der Waals surface area (Å²) in [7, 11) is 0. The molecule has 1 aliphatic carbocycles. The molecule has 1 aliphatic heterocycles. The lowest BCUT2D eigenvalue weighted by Gasteiger charge is -2.30. The van der Waals surface area contributed by atoms with Gasteiger partial charge in [-0.1, -0.05) is 159 Å². The van der Waals surface area contributed by atoms with Crippen LogP contribution in [0.25, 0.3) is 61.2 Å². The lowest BCUT2D eigenvalue weighted by atomic mass is 9.82. The predicted molar refractivity (Wildman–Crippen MR) is 260 cm³/mol. The number of hydrogen-bond donors (Lipinski definition) is 0. The second-order valence-corrected chi connectivity index (χ2v) is 16.9. The smallest absolute Gasteiger partial charge is 0.0641 e. The van der Waals surface area contributed by atoms with Crippen molar-refractivity contribution < 1.29 is 0 Å². The van der Waals surface area contributed by atoms with Crippen LogP contribution < -0.4 is 9.80 Å². The molecule has 10 aromatic rings. The summed E-state index contributed by atoms with van der Waals surface area (Å²) >= 11 is 0. The molecule has 3 nitrogen and oxygen atoms in total. The van der Waals surface area contributed by atoms with Crippen LogP contribution in [-0.2, 0) is 5.41 Å². The molecule has 0 fully saturated rings. The predicted octanol–water partition coefficient (Wildman–Crippen LogP) is 16.2. The van der Waals surface area contributed by atoms with Gasteiger partial charge in [-0.2, -0.15) is 0 Å². The highest BCUT2D eigenvalue weighted by Gasteiger charge is 2.36. The van der Waals surface area contributed by atoms with Crippen LogP contribution >= 0.6 is 0 Å². The molecule has 0 radical (unpaired) electrons. The van der Waals surface area contributed by atoms with E-state index in [0.717, 1.165) is 39.8 Å². The van der Waals surface area contributed by atoms with Crippen molar-refractivity contribution in [2.24, 2.45) is 0 Å². The molecule has 0 saturated heterocycles. The first-order valence-corrected chi connectivity index (χ1v) is 21.5. The van der Waals surface area contributed by atoms with E-state index in [1.807, 2.05) is 0 Å². The summed E-state index contributed by atoms with van der Waals surface area (Å²) in [5.41, 5.74) is 21.6. The lowest BCUT2D eigenvalue weighted by molar-refractivity contribution is 0.660. The summed E-state index contributed by atoms with van der Waals surface area (Å²) in [5, 5.41) is 1.24. The quantitative estimate of drug-likeness (QED) is 0.166. The minimum Gasteiger partial charge on any atom is -0.310 e. The molecule has 0 bridgehead atoms. The number of hydrogen-bond acceptors (Lipinski definition) is 2. The Morgan fingerprint density at radius 1 is 0.387 bits per heavy atom. The molecule has 0 spiro atoms. The first-order chi connectivity index (χ1) is 30.5. The van der Waals surface area contributed by atoms with Crippen molar-refractivity contribution in [2.75, 3.05) is 9.80 Å². The van der Waals surface area contributed by atoms with Gasteiger partial charge in [0, 0.05) is 55.9 Å². The zero-order valence-electron chi connectivity index (χ0n) is 34.7. The van der Waals surface area contributed by atoms with Gasteiger partial charge in [0.1, 0.15) is 0 Å². The van der Waals surface area contributed by atoms with E-state index in [2.05, 4.69) is 253 Å². The Balaban J connectivity index is 1.02. The van der Waals surface area contributed by atoms with Gasteiger partial charge in [-0.05, 0) is 112 Å². The number of benzene rings is 9. The second-order valence-electron chi connectivity index (χ2n) is 16.9. The normalized spacial score (nSPS) is 13.1. The number of aromatic nitrogens is 1. The van der Waals surface area contributed by atoms with E-state index in [9.17, 15) is 0 Å². The molecule has 0 amide bonds. The van der Waals surface area contributed by atoms with Crippen LogP contribution in [0, 0.1) is 0 Å². The van der Waals surface area contributed by atoms with E-state index in [1.165, 1.54) is 66.7 Å².